The molecule has 0 aromatic heterocycles. The summed E-state index contributed by atoms with van der Waals surface area (Å²) in [6.45, 7) is 3.54. The Kier molecular flexibility index (Phi) is 6.39. The van der Waals surface area contributed by atoms with Gasteiger partial charge >= 0.3 is 12.1 Å². The molecule has 0 unspecified atom stereocenters. The first-order chi connectivity index (χ1) is 9.90. The lowest BCUT2D eigenvalue weighted by Gasteiger charge is -2.20. The molecule has 1 aromatic carbocycles. The molecule has 0 radical (unpaired) electrons. The van der Waals surface area contributed by atoms with Crippen LogP contribution in [0.3, 0.4) is 0 Å². The zero-order valence-electron chi connectivity index (χ0n) is 12.0. The molecule has 6 nitrogen and oxygen atoms in total. The van der Waals surface area contributed by atoms with Crippen molar-refractivity contribution in [2.45, 2.75) is 32.9 Å². The Bertz CT molecular complexity index is 498. The summed E-state index contributed by atoms with van der Waals surface area (Å²) < 4.78 is 5.01. The van der Waals surface area contributed by atoms with E-state index in [9.17, 15) is 14.4 Å². The summed E-state index contributed by atoms with van der Waals surface area (Å²) in [6, 6.07) is 8.24. The Balaban J connectivity index is 2.53. The van der Waals surface area contributed by atoms with Gasteiger partial charge in [-0.15, -0.1) is 0 Å². The third-order valence-electron chi connectivity index (χ3n) is 2.83. The van der Waals surface area contributed by atoms with Crippen LogP contribution in [0.1, 0.15) is 25.8 Å². The van der Waals surface area contributed by atoms with Gasteiger partial charge in [0.25, 0.3) is 0 Å². The number of hydrogen-bond donors (Lipinski definition) is 2. The number of carbonyl (C=O) groups is 3. The monoisotopic (exact) mass is 293 g/mol. The van der Waals surface area contributed by atoms with Crippen LogP contribution in [0.25, 0.3) is 0 Å². The van der Waals surface area contributed by atoms with Crippen LogP contribution in [0.2, 0.25) is 0 Å². The Morgan fingerprint density at radius 3 is 2.33 bits per heavy atom. The van der Waals surface area contributed by atoms with Crippen molar-refractivity contribution in [2.24, 2.45) is 5.92 Å². The van der Waals surface area contributed by atoms with Crippen LogP contribution >= 0.6 is 0 Å². The van der Waals surface area contributed by atoms with Gasteiger partial charge in [-0.25, -0.2) is 4.79 Å². The van der Waals surface area contributed by atoms with Gasteiger partial charge in [-0.3, -0.25) is 9.59 Å². The number of nitrogens with one attached hydrogen (secondary N) is 1. The van der Waals surface area contributed by atoms with Gasteiger partial charge in [-0.1, -0.05) is 44.2 Å². The standard InChI is InChI=1S/C15H19NO5/c1-10(2)14(12(17)8-13(18)19)16-15(20)21-9-11-6-4-3-5-7-11/h3-7,10,14H,8-9H2,1-2H3,(H,16,20)(H,18,19)/t14-/m1/s1. The molecule has 0 aliphatic heterocycles. The maximum Gasteiger partial charge on any atom is 0.408 e. The Morgan fingerprint density at radius 2 is 1.81 bits per heavy atom. The van der Waals surface area contributed by atoms with E-state index in [4.69, 9.17) is 9.84 Å². The lowest BCUT2D eigenvalue weighted by atomic mass is 9.98. The van der Waals surface area contributed by atoms with E-state index in [2.05, 4.69) is 5.32 Å². The summed E-state index contributed by atoms with van der Waals surface area (Å²) in [5.74, 6) is -1.99. The third kappa shape index (κ3) is 6.07. The topological polar surface area (TPSA) is 92.7 Å². The van der Waals surface area contributed by atoms with E-state index >= 15 is 0 Å². The molecule has 0 aliphatic rings. The maximum absolute atomic E-state index is 11.8. The lowest BCUT2D eigenvalue weighted by molar-refractivity contribution is -0.140. The summed E-state index contributed by atoms with van der Waals surface area (Å²) in [6.07, 6.45) is -1.36. The molecular formula is C15H19NO5. The average molecular weight is 293 g/mol. The molecule has 1 amide bonds. The van der Waals surface area contributed by atoms with Crippen molar-refractivity contribution < 1.29 is 24.2 Å². The highest BCUT2D eigenvalue weighted by molar-refractivity contribution is 5.99. The molecule has 6 heteroatoms. The van der Waals surface area contributed by atoms with E-state index in [1.165, 1.54) is 0 Å². The van der Waals surface area contributed by atoms with Gasteiger partial charge in [0.15, 0.2) is 5.78 Å². The molecular weight excluding hydrogens is 274 g/mol. The zero-order chi connectivity index (χ0) is 15.8. The summed E-state index contributed by atoms with van der Waals surface area (Å²) in [5, 5.41) is 11.1. The van der Waals surface area contributed by atoms with Gasteiger partial charge < -0.3 is 15.2 Å². The smallest absolute Gasteiger partial charge is 0.408 e. The highest BCUT2D eigenvalue weighted by Crippen LogP contribution is 2.07. The summed E-state index contributed by atoms with van der Waals surface area (Å²) in [5.41, 5.74) is 0.825. The van der Waals surface area contributed by atoms with E-state index < -0.39 is 30.3 Å². The predicted molar refractivity (Wildman–Crippen MR) is 75.6 cm³/mol. The molecule has 114 valence electrons. The molecule has 0 saturated carbocycles. The number of rotatable bonds is 7. The molecule has 0 saturated heterocycles. The second-order valence-corrected chi connectivity index (χ2v) is 4.96. The van der Waals surface area contributed by atoms with Crippen LogP contribution in [0, 0.1) is 5.92 Å². The fraction of sp³-hybridized carbons (Fsp3) is 0.400. The maximum atomic E-state index is 11.8. The number of carbonyl (C=O) groups excluding carboxylic acids is 2. The minimum atomic E-state index is -1.22. The fourth-order valence-corrected chi connectivity index (χ4v) is 1.77. The van der Waals surface area contributed by atoms with Crippen LogP contribution in [0.5, 0.6) is 0 Å². The van der Waals surface area contributed by atoms with E-state index in [0.717, 1.165) is 5.56 Å². The van der Waals surface area contributed by atoms with Crippen LogP contribution in [0.4, 0.5) is 4.79 Å². The van der Waals surface area contributed by atoms with Gasteiger partial charge in [-0.2, -0.15) is 0 Å². The lowest BCUT2D eigenvalue weighted by Crippen LogP contribution is -2.45. The molecule has 21 heavy (non-hydrogen) atoms. The van der Waals surface area contributed by atoms with Gasteiger partial charge in [0.1, 0.15) is 13.0 Å². The zero-order valence-corrected chi connectivity index (χ0v) is 12.0. The van der Waals surface area contributed by atoms with E-state index in [1.807, 2.05) is 30.3 Å². The number of benzene rings is 1. The van der Waals surface area contributed by atoms with Crippen molar-refractivity contribution in [3.63, 3.8) is 0 Å². The Hall–Kier alpha value is -2.37. The van der Waals surface area contributed by atoms with Crippen LogP contribution < -0.4 is 5.32 Å². The third-order valence-corrected chi connectivity index (χ3v) is 2.83. The number of Topliss-reactive ketones (excluding diaryl/α,β-unsaturated/α-hetero) is 1. The van der Waals surface area contributed by atoms with Crippen molar-refractivity contribution in [3.05, 3.63) is 35.9 Å². The van der Waals surface area contributed by atoms with Crippen molar-refractivity contribution >= 4 is 17.8 Å². The number of alkyl carbamates (subject to hydrolysis) is 1. The van der Waals surface area contributed by atoms with Crippen molar-refractivity contribution in [3.8, 4) is 0 Å². The molecule has 0 heterocycles. The van der Waals surface area contributed by atoms with Crippen LogP contribution in [-0.4, -0.2) is 29.0 Å². The highest BCUT2D eigenvalue weighted by atomic mass is 16.5. The van der Waals surface area contributed by atoms with Crippen molar-refractivity contribution in [1.82, 2.24) is 5.32 Å². The fourth-order valence-electron chi connectivity index (χ4n) is 1.77. The SMILES string of the molecule is CC(C)[C@@H](NC(=O)OCc1ccccc1)C(=O)CC(=O)O. The second-order valence-electron chi connectivity index (χ2n) is 4.96. The first kappa shape index (κ1) is 16.7. The minimum absolute atomic E-state index is 0.0879. The van der Waals surface area contributed by atoms with Gasteiger partial charge in [0.05, 0.1) is 6.04 Å². The van der Waals surface area contributed by atoms with Gasteiger partial charge in [-0.05, 0) is 11.5 Å². The summed E-state index contributed by atoms with van der Waals surface area (Å²) in [7, 11) is 0. The van der Waals surface area contributed by atoms with Crippen molar-refractivity contribution in [1.29, 1.82) is 0 Å². The molecule has 0 spiro atoms. The molecule has 1 atom stereocenters. The average Bonchev–Trinajstić information content (AvgIpc) is 2.42. The normalized spacial score (nSPS) is 11.8. The summed E-state index contributed by atoms with van der Waals surface area (Å²) in [4.78, 5) is 34.0. The number of aliphatic carboxylic acids is 1. The quantitative estimate of drug-likeness (QED) is 0.750. The highest BCUT2D eigenvalue weighted by Gasteiger charge is 2.26. The largest absolute Gasteiger partial charge is 0.481 e. The van der Waals surface area contributed by atoms with Crippen LogP contribution in [-0.2, 0) is 20.9 Å². The molecule has 2 N–H and O–H groups in total. The number of hydrogen-bond acceptors (Lipinski definition) is 4. The van der Waals surface area contributed by atoms with E-state index in [-0.39, 0.29) is 12.5 Å². The second kappa shape index (κ2) is 8.04. The molecule has 0 fully saturated rings. The first-order valence-electron chi connectivity index (χ1n) is 6.62. The Morgan fingerprint density at radius 1 is 1.19 bits per heavy atom. The predicted octanol–water partition coefficient (Wildman–Crippen LogP) is 1.98. The van der Waals surface area contributed by atoms with E-state index in [0.29, 0.717) is 0 Å². The molecule has 1 aromatic rings. The van der Waals surface area contributed by atoms with Gasteiger partial charge in [0.2, 0.25) is 0 Å². The van der Waals surface area contributed by atoms with Gasteiger partial charge in [0, 0.05) is 0 Å². The number of carboxylic acids is 1. The summed E-state index contributed by atoms with van der Waals surface area (Å²) >= 11 is 0. The van der Waals surface area contributed by atoms with Crippen LogP contribution in [0.15, 0.2) is 30.3 Å². The minimum Gasteiger partial charge on any atom is -0.481 e. The number of ether oxygens (including phenoxy) is 1. The molecule has 0 aliphatic carbocycles. The Labute approximate surface area is 123 Å². The first-order valence-corrected chi connectivity index (χ1v) is 6.62. The van der Waals surface area contributed by atoms with E-state index in [1.54, 1.807) is 13.8 Å². The number of carboxylic acid groups (broad SMARTS) is 1. The molecule has 0 bridgehead atoms. The van der Waals surface area contributed by atoms with Crippen molar-refractivity contribution in [2.75, 3.05) is 0 Å². The number of ketones is 1. The number of amides is 1. The molecule has 1 rings (SSSR count).